The molecule has 5 nitrogen and oxygen atoms in total. The van der Waals surface area contributed by atoms with Crippen LogP contribution in [0.5, 0.6) is 0 Å². The number of primary amides is 1. The molecule has 0 aromatic heterocycles. The van der Waals surface area contributed by atoms with Gasteiger partial charge in [-0.05, 0) is 37.0 Å². The fraction of sp³-hybridized carbons (Fsp3) is 0.417. The Balaban J connectivity index is 1.99. The summed E-state index contributed by atoms with van der Waals surface area (Å²) in [6.45, 7) is 0.753. The summed E-state index contributed by atoms with van der Waals surface area (Å²) in [4.78, 5) is 11.0. The number of carbonyl (C=O) groups is 1. The van der Waals surface area contributed by atoms with E-state index in [4.69, 9.17) is 11.5 Å². The number of hydrogen-bond acceptors (Lipinski definition) is 4. The predicted molar refractivity (Wildman–Crippen MR) is 66.6 cm³/mol. The second-order valence-corrected chi connectivity index (χ2v) is 4.54. The van der Waals surface area contributed by atoms with Gasteiger partial charge in [-0.1, -0.05) is 0 Å². The van der Waals surface area contributed by atoms with Crippen LogP contribution in [0.25, 0.3) is 0 Å². The van der Waals surface area contributed by atoms with Crippen LogP contribution in [0.1, 0.15) is 23.2 Å². The van der Waals surface area contributed by atoms with Gasteiger partial charge in [-0.3, -0.25) is 4.79 Å². The number of carbonyl (C=O) groups excluding carboxylic acids is 1. The van der Waals surface area contributed by atoms with E-state index in [9.17, 15) is 9.90 Å². The minimum Gasteiger partial charge on any atom is -0.397 e. The molecule has 1 saturated carbocycles. The molecule has 17 heavy (non-hydrogen) atoms. The van der Waals surface area contributed by atoms with E-state index in [0.29, 0.717) is 17.2 Å². The molecule has 1 aliphatic rings. The van der Waals surface area contributed by atoms with E-state index in [1.54, 1.807) is 18.2 Å². The van der Waals surface area contributed by atoms with Gasteiger partial charge >= 0.3 is 0 Å². The fourth-order valence-electron chi connectivity index (χ4n) is 1.98. The van der Waals surface area contributed by atoms with E-state index in [1.807, 2.05) is 0 Å². The summed E-state index contributed by atoms with van der Waals surface area (Å²) in [5.74, 6) is 0.00810. The van der Waals surface area contributed by atoms with E-state index in [2.05, 4.69) is 5.32 Å². The lowest BCUT2D eigenvalue weighted by Gasteiger charge is -2.31. The molecule has 1 aromatic rings. The largest absolute Gasteiger partial charge is 0.397 e. The maximum absolute atomic E-state index is 11.0. The molecule has 0 bridgehead atoms. The lowest BCUT2D eigenvalue weighted by Crippen LogP contribution is -2.33. The van der Waals surface area contributed by atoms with Crippen LogP contribution in [-0.4, -0.2) is 23.7 Å². The van der Waals surface area contributed by atoms with Crippen molar-refractivity contribution in [3.63, 3.8) is 0 Å². The molecule has 5 heteroatoms. The number of amides is 1. The molecular weight excluding hydrogens is 218 g/mol. The Bertz CT molecular complexity index is 428. The monoisotopic (exact) mass is 235 g/mol. The van der Waals surface area contributed by atoms with Gasteiger partial charge < -0.3 is 21.9 Å². The summed E-state index contributed by atoms with van der Waals surface area (Å²) in [7, 11) is 0. The van der Waals surface area contributed by atoms with Crippen molar-refractivity contribution in [1.29, 1.82) is 0 Å². The smallest absolute Gasteiger partial charge is 0.248 e. The molecule has 0 heterocycles. The SMILES string of the molecule is NC(=O)c1ccc(N)c(NCC2CC(O)C2)c1. The maximum Gasteiger partial charge on any atom is 0.248 e. The zero-order valence-corrected chi connectivity index (χ0v) is 9.52. The normalized spacial score (nSPS) is 22.9. The van der Waals surface area contributed by atoms with Crippen LogP contribution in [0, 0.1) is 5.92 Å². The summed E-state index contributed by atoms with van der Waals surface area (Å²) in [5, 5.41) is 12.4. The highest BCUT2D eigenvalue weighted by atomic mass is 16.3. The second-order valence-electron chi connectivity index (χ2n) is 4.54. The topological polar surface area (TPSA) is 101 Å². The number of rotatable bonds is 4. The first-order valence-corrected chi connectivity index (χ1v) is 5.67. The Morgan fingerprint density at radius 2 is 2.18 bits per heavy atom. The van der Waals surface area contributed by atoms with Crippen molar-refractivity contribution in [3.8, 4) is 0 Å². The molecule has 0 saturated heterocycles. The van der Waals surface area contributed by atoms with Gasteiger partial charge in [0.25, 0.3) is 0 Å². The summed E-state index contributed by atoms with van der Waals surface area (Å²) >= 11 is 0. The van der Waals surface area contributed by atoms with Crippen molar-refractivity contribution in [1.82, 2.24) is 0 Å². The van der Waals surface area contributed by atoms with Crippen molar-refractivity contribution in [2.75, 3.05) is 17.6 Å². The van der Waals surface area contributed by atoms with Gasteiger partial charge in [0, 0.05) is 12.1 Å². The standard InChI is InChI=1S/C12H17N3O2/c13-10-2-1-8(12(14)17)5-11(10)15-6-7-3-9(16)4-7/h1-2,5,7,9,15-16H,3-4,6,13H2,(H2,14,17). The molecule has 0 spiro atoms. The van der Waals surface area contributed by atoms with Gasteiger partial charge in [0.1, 0.15) is 0 Å². The Hall–Kier alpha value is -1.75. The van der Waals surface area contributed by atoms with E-state index in [0.717, 1.165) is 25.1 Å². The molecule has 0 radical (unpaired) electrons. The molecule has 0 unspecified atom stereocenters. The van der Waals surface area contributed by atoms with Crippen LogP contribution in [0.3, 0.4) is 0 Å². The quantitative estimate of drug-likeness (QED) is 0.572. The van der Waals surface area contributed by atoms with Crippen LogP contribution >= 0.6 is 0 Å². The van der Waals surface area contributed by atoms with Gasteiger partial charge in [-0.25, -0.2) is 0 Å². The number of anilines is 2. The Labute approximate surface area is 99.8 Å². The first-order valence-electron chi connectivity index (χ1n) is 5.67. The highest BCUT2D eigenvalue weighted by Gasteiger charge is 2.26. The summed E-state index contributed by atoms with van der Waals surface area (Å²) in [6, 6.07) is 4.93. The Morgan fingerprint density at radius 1 is 1.47 bits per heavy atom. The zero-order chi connectivity index (χ0) is 12.4. The van der Waals surface area contributed by atoms with E-state index >= 15 is 0 Å². The minimum atomic E-state index is -0.466. The third-order valence-electron chi connectivity index (χ3n) is 3.13. The Kier molecular flexibility index (Phi) is 3.19. The zero-order valence-electron chi connectivity index (χ0n) is 9.52. The van der Waals surface area contributed by atoms with Crippen LogP contribution in [0.2, 0.25) is 0 Å². The van der Waals surface area contributed by atoms with Crippen molar-refractivity contribution in [2.45, 2.75) is 18.9 Å². The minimum absolute atomic E-state index is 0.156. The molecule has 1 amide bonds. The Morgan fingerprint density at radius 3 is 2.76 bits per heavy atom. The lowest BCUT2D eigenvalue weighted by molar-refractivity contribution is 0.0487. The van der Waals surface area contributed by atoms with Gasteiger partial charge in [0.05, 0.1) is 17.5 Å². The van der Waals surface area contributed by atoms with Crippen molar-refractivity contribution in [3.05, 3.63) is 23.8 Å². The molecule has 2 rings (SSSR count). The molecular formula is C12H17N3O2. The average molecular weight is 235 g/mol. The van der Waals surface area contributed by atoms with Crippen LogP contribution in [-0.2, 0) is 0 Å². The molecule has 0 atom stereocenters. The highest BCUT2D eigenvalue weighted by molar-refractivity contribution is 5.94. The second kappa shape index (κ2) is 4.63. The maximum atomic E-state index is 11.0. The third-order valence-corrected chi connectivity index (χ3v) is 3.13. The highest BCUT2D eigenvalue weighted by Crippen LogP contribution is 2.28. The van der Waals surface area contributed by atoms with Crippen molar-refractivity contribution in [2.24, 2.45) is 11.7 Å². The molecule has 0 aliphatic heterocycles. The number of benzene rings is 1. The number of nitrogen functional groups attached to an aromatic ring is 1. The van der Waals surface area contributed by atoms with Crippen LogP contribution < -0.4 is 16.8 Å². The van der Waals surface area contributed by atoms with E-state index in [-0.39, 0.29) is 6.10 Å². The van der Waals surface area contributed by atoms with Gasteiger partial charge in [0.15, 0.2) is 0 Å². The number of nitrogens with one attached hydrogen (secondary N) is 1. The summed E-state index contributed by atoms with van der Waals surface area (Å²) < 4.78 is 0. The van der Waals surface area contributed by atoms with Gasteiger partial charge in [0.2, 0.25) is 5.91 Å². The van der Waals surface area contributed by atoms with Crippen LogP contribution in [0.4, 0.5) is 11.4 Å². The van der Waals surface area contributed by atoms with E-state index < -0.39 is 5.91 Å². The molecule has 6 N–H and O–H groups in total. The van der Waals surface area contributed by atoms with E-state index in [1.165, 1.54) is 0 Å². The average Bonchev–Trinajstić information content (AvgIpc) is 2.24. The molecule has 1 aliphatic carbocycles. The number of aliphatic hydroxyl groups excluding tert-OH is 1. The summed E-state index contributed by atoms with van der Waals surface area (Å²) in [6.07, 6.45) is 1.49. The first-order chi connectivity index (χ1) is 8.06. The van der Waals surface area contributed by atoms with Gasteiger partial charge in [-0.2, -0.15) is 0 Å². The molecule has 1 aromatic carbocycles. The number of nitrogens with two attached hydrogens (primary N) is 2. The van der Waals surface area contributed by atoms with Crippen LogP contribution in [0.15, 0.2) is 18.2 Å². The van der Waals surface area contributed by atoms with Crippen molar-refractivity contribution >= 4 is 17.3 Å². The van der Waals surface area contributed by atoms with Crippen molar-refractivity contribution < 1.29 is 9.90 Å². The fourth-order valence-corrected chi connectivity index (χ4v) is 1.98. The predicted octanol–water partition coefficient (Wildman–Crippen LogP) is 0.550. The molecule has 92 valence electrons. The van der Waals surface area contributed by atoms with Gasteiger partial charge in [-0.15, -0.1) is 0 Å². The molecule has 1 fully saturated rings. The third kappa shape index (κ3) is 2.68. The summed E-state index contributed by atoms with van der Waals surface area (Å²) in [5.41, 5.74) is 12.8. The number of aliphatic hydroxyl groups is 1. The number of hydrogen-bond donors (Lipinski definition) is 4. The first kappa shape index (κ1) is 11.7. The lowest BCUT2D eigenvalue weighted by atomic mass is 9.82.